The summed E-state index contributed by atoms with van der Waals surface area (Å²) in [5.74, 6) is 0.0356. The molecule has 0 heterocycles. The maximum absolute atomic E-state index is 10.4. The molecular weight excluding hydrogens is 148 g/mol. The van der Waals surface area contributed by atoms with E-state index in [1.54, 1.807) is 6.26 Å². The Labute approximate surface area is 53.7 Å². The van der Waals surface area contributed by atoms with Crippen molar-refractivity contribution in [2.45, 2.75) is 6.92 Å². The molecule has 0 saturated heterocycles. The minimum atomic E-state index is -3.21. The Kier molecular flexibility index (Phi) is 3.43. The molecule has 0 spiro atoms. The van der Waals surface area contributed by atoms with Crippen molar-refractivity contribution in [3.63, 3.8) is 0 Å². The van der Waals surface area contributed by atoms with E-state index in [0.29, 0.717) is 0 Å². The molecule has 0 aromatic heterocycles. The van der Waals surface area contributed by atoms with Crippen LogP contribution < -0.4 is 0 Å². The van der Waals surface area contributed by atoms with Gasteiger partial charge in [0.15, 0.2) is 0 Å². The average molecular weight is 156 g/mol. The van der Waals surface area contributed by atoms with Gasteiger partial charge in [-0.05, 0) is 6.92 Å². The van der Waals surface area contributed by atoms with Crippen LogP contribution in [0.2, 0.25) is 0 Å². The SMILES string of the molecule is CCS(=O)(=O)OSC. The van der Waals surface area contributed by atoms with Gasteiger partial charge in [0, 0.05) is 18.3 Å². The lowest BCUT2D eigenvalue weighted by atomic mass is 11.0. The molecule has 0 amide bonds. The fourth-order valence-electron chi connectivity index (χ4n) is 0.152. The van der Waals surface area contributed by atoms with Crippen molar-refractivity contribution in [1.82, 2.24) is 0 Å². The molecule has 0 aromatic rings. The second kappa shape index (κ2) is 3.32. The van der Waals surface area contributed by atoms with Crippen LogP contribution in [-0.2, 0) is 13.7 Å². The fourth-order valence-corrected chi connectivity index (χ4v) is 1.37. The number of hydrogen-bond acceptors (Lipinski definition) is 4. The van der Waals surface area contributed by atoms with Gasteiger partial charge >= 0.3 is 0 Å². The molecule has 0 atom stereocenters. The summed E-state index contributed by atoms with van der Waals surface area (Å²) >= 11 is 0.845. The van der Waals surface area contributed by atoms with E-state index in [9.17, 15) is 8.42 Å². The van der Waals surface area contributed by atoms with Crippen LogP contribution in [-0.4, -0.2) is 20.4 Å². The van der Waals surface area contributed by atoms with Crippen LogP contribution in [0.4, 0.5) is 0 Å². The molecule has 0 unspecified atom stereocenters. The van der Waals surface area contributed by atoms with Gasteiger partial charge in [0.1, 0.15) is 0 Å². The largest absolute Gasteiger partial charge is 0.277 e. The first kappa shape index (κ1) is 8.26. The third-order valence-electron chi connectivity index (χ3n) is 0.525. The zero-order valence-corrected chi connectivity index (χ0v) is 6.38. The van der Waals surface area contributed by atoms with Crippen LogP contribution in [0.3, 0.4) is 0 Å². The van der Waals surface area contributed by atoms with Gasteiger partial charge in [-0.3, -0.25) is 0 Å². The normalized spacial score (nSPS) is 11.8. The van der Waals surface area contributed by atoms with Crippen LogP contribution in [0, 0.1) is 0 Å². The highest BCUT2D eigenvalue weighted by Gasteiger charge is 2.04. The van der Waals surface area contributed by atoms with Crippen molar-refractivity contribution >= 4 is 22.2 Å². The summed E-state index contributed by atoms with van der Waals surface area (Å²) in [4.78, 5) is 0. The lowest BCUT2D eigenvalue weighted by Crippen LogP contribution is -2.01. The standard InChI is InChI=1S/C3H8O3S2/c1-3-8(4,5)6-7-2/h3H2,1-2H3. The Morgan fingerprint density at radius 1 is 1.62 bits per heavy atom. The Morgan fingerprint density at radius 3 is 2.25 bits per heavy atom. The average Bonchev–Trinajstić information content (AvgIpc) is 1.67. The van der Waals surface area contributed by atoms with Crippen LogP contribution in [0.1, 0.15) is 6.92 Å². The van der Waals surface area contributed by atoms with Crippen molar-refractivity contribution in [2.24, 2.45) is 0 Å². The molecule has 0 N–H and O–H groups in total. The highest BCUT2D eigenvalue weighted by atomic mass is 32.3. The van der Waals surface area contributed by atoms with Gasteiger partial charge in [-0.1, -0.05) is 0 Å². The molecule has 0 saturated carbocycles. The van der Waals surface area contributed by atoms with Crippen molar-refractivity contribution < 1.29 is 12.0 Å². The van der Waals surface area contributed by atoms with Gasteiger partial charge in [-0.25, -0.2) is 0 Å². The third-order valence-corrected chi connectivity index (χ3v) is 2.61. The van der Waals surface area contributed by atoms with Crippen LogP contribution in [0.5, 0.6) is 0 Å². The minimum absolute atomic E-state index is 0.0356. The third kappa shape index (κ3) is 3.29. The van der Waals surface area contributed by atoms with Gasteiger partial charge in [0.05, 0.1) is 5.75 Å². The van der Waals surface area contributed by atoms with E-state index in [0.717, 1.165) is 12.0 Å². The van der Waals surface area contributed by atoms with E-state index in [-0.39, 0.29) is 5.75 Å². The Balaban J connectivity index is 3.76. The first-order chi connectivity index (χ1) is 3.62. The van der Waals surface area contributed by atoms with E-state index >= 15 is 0 Å². The van der Waals surface area contributed by atoms with Gasteiger partial charge in [-0.15, -0.1) is 0 Å². The van der Waals surface area contributed by atoms with Crippen molar-refractivity contribution in [1.29, 1.82) is 0 Å². The molecule has 3 nitrogen and oxygen atoms in total. The van der Waals surface area contributed by atoms with Crippen molar-refractivity contribution in [3.8, 4) is 0 Å². The molecule has 0 aliphatic rings. The first-order valence-electron chi connectivity index (χ1n) is 2.07. The van der Waals surface area contributed by atoms with Gasteiger partial charge in [-0.2, -0.15) is 12.0 Å². The molecule has 0 radical (unpaired) electrons. The Bertz CT molecular complexity index is 137. The smallest absolute Gasteiger partial charge is 0.198 e. The van der Waals surface area contributed by atoms with E-state index in [4.69, 9.17) is 0 Å². The highest BCUT2D eigenvalue weighted by Crippen LogP contribution is 2.02. The first-order valence-corrected chi connectivity index (χ1v) is 4.80. The molecule has 0 aliphatic carbocycles. The summed E-state index contributed by atoms with van der Waals surface area (Å²) in [5, 5.41) is 0. The topological polar surface area (TPSA) is 43.4 Å². The zero-order valence-electron chi connectivity index (χ0n) is 4.75. The van der Waals surface area contributed by atoms with E-state index in [2.05, 4.69) is 3.63 Å². The molecule has 5 heteroatoms. The van der Waals surface area contributed by atoms with Gasteiger partial charge in [0.2, 0.25) is 0 Å². The zero-order chi connectivity index (χ0) is 6.62. The summed E-state index contributed by atoms with van der Waals surface area (Å²) in [5.41, 5.74) is 0. The second-order valence-electron chi connectivity index (χ2n) is 1.08. The van der Waals surface area contributed by atoms with E-state index in [1.807, 2.05) is 0 Å². The molecule has 0 rings (SSSR count). The quantitative estimate of drug-likeness (QED) is 0.562. The highest BCUT2D eigenvalue weighted by molar-refractivity contribution is 8.03. The fraction of sp³-hybridized carbons (Fsp3) is 1.00. The molecule has 50 valence electrons. The summed E-state index contributed by atoms with van der Waals surface area (Å²) in [6.45, 7) is 1.53. The number of rotatable bonds is 3. The van der Waals surface area contributed by atoms with Crippen molar-refractivity contribution in [3.05, 3.63) is 0 Å². The summed E-state index contributed by atoms with van der Waals surface area (Å²) in [6, 6.07) is 0. The monoisotopic (exact) mass is 156 g/mol. The summed E-state index contributed by atoms with van der Waals surface area (Å²) < 4.78 is 25.0. The maximum Gasteiger partial charge on any atom is 0.277 e. The van der Waals surface area contributed by atoms with Gasteiger partial charge in [0.25, 0.3) is 10.1 Å². The van der Waals surface area contributed by atoms with Gasteiger partial charge < -0.3 is 0 Å². The maximum atomic E-state index is 10.4. The van der Waals surface area contributed by atoms with Crippen molar-refractivity contribution in [2.75, 3.05) is 12.0 Å². The lowest BCUT2D eigenvalue weighted by molar-refractivity contribution is 0.521. The molecule has 8 heavy (non-hydrogen) atoms. The molecule has 0 fully saturated rings. The molecular formula is C3H8O3S2. The lowest BCUT2D eigenvalue weighted by Gasteiger charge is -1.93. The van der Waals surface area contributed by atoms with Crippen LogP contribution >= 0.6 is 12.0 Å². The minimum Gasteiger partial charge on any atom is -0.198 e. The van der Waals surface area contributed by atoms with Crippen LogP contribution in [0.25, 0.3) is 0 Å². The van der Waals surface area contributed by atoms with Crippen LogP contribution in [0.15, 0.2) is 0 Å². The molecule has 0 aliphatic heterocycles. The summed E-state index contributed by atoms with van der Waals surface area (Å²) in [6.07, 6.45) is 1.56. The molecule has 0 aromatic carbocycles. The number of hydrogen-bond donors (Lipinski definition) is 0. The predicted molar refractivity (Wildman–Crippen MR) is 34.1 cm³/mol. The second-order valence-corrected chi connectivity index (χ2v) is 3.65. The molecule has 0 bridgehead atoms. The van der Waals surface area contributed by atoms with E-state index < -0.39 is 10.1 Å². The van der Waals surface area contributed by atoms with E-state index in [1.165, 1.54) is 6.92 Å². The summed E-state index contributed by atoms with van der Waals surface area (Å²) in [7, 11) is -3.21. The predicted octanol–water partition coefficient (Wildman–Crippen LogP) is 0.631. The Morgan fingerprint density at radius 2 is 2.12 bits per heavy atom. The Hall–Kier alpha value is 0.260.